The van der Waals surface area contributed by atoms with E-state index in [0.717, 1.165) is 12.0 Å². The summed E-state index contributed by atoms with van der Waals surface area (Å²) in [5.74, 6) is -0.0180. The number of nitrogens with one attached hydrogen (secondary N) is 2. The van der Waals surface area contributed by atoms with E-state index in [1.165, 1.54) is 5.56 Å². The van der Waals surface area contributed by atoms with Crippen molar-refractivity contribution in [3.05, 3.63) is 65.7 Å². The van der Waals surface area contributed by atoms with E-state index in [0.29, 0.717) is 18.6 Å². The number of rotatable bonds is 8. The van der Waals surface area contributed by atoms with Crippen LogP contribution in [0.4, 0.5) is 0 Å². The van der Waals surface area contributed by atoms with Crippen LogP contribution in [0.15, 0.2) is 54.6 Å². The van der Waals surface area contributed by atoms with Crippen molar-refractivity contribution in [2.75, 3.05) is 6.61 Å². The summed E-state index contributed by atoms with van der Waals surface area (Å²) in [4.78, 5) is 23.6. The van der Waals surface area contributed by atoms with Crippen LogP contribution in [0, 0.1) is 0 Å². The Labute approximate surface area is 161 Å². The van der Waals surface area contributed by atoms with Crippen molar-refractivity contribution in [3.8, 4) is 5.75 Å². The first-order chi connectivity index (χ1) is 12.9. The molecule has 2 rings (SSSR count). The summed E-state index contributed by atoms with van der Waals surface area (Å²) < 4.78 is 5.47. The number of hydrogen-bond donors (Lipinski definition) is 2. The third-order valence-electron chi connectivity index (χ3n) is 4.71. The molecule has 0 unspecified atom stereocenters. The van der Waals surface area contributed by atoms with Gasteiger partial charge in [0, 0.05) is 6.42 Å². The molecule has 0 spiro atoms. The Morgan fingerprint density at radius 3 is 2.19 bits per heavy atom. The Bertz CT molecular complexity index is 740. The molecule has 2 N–H and O–H groups in total. The molecule has 0 atom stereocenters. The van der Waals surface area contributed by atoms with Gasteiger partial charge >= 0.3 is 0 Å². The van der Waals surface area contributed by atoms with Crippen LogP contribution >= 0.6 is 0 Å². The van der Waals surface area contributed by atoms with Gasteiger partial charge in [-0.3, -0.25) is 20.4 Å². The lowest BCUT2D eigenvalue weighted by atomic mass is 9.82. The van der Waals surface area contributed by atoms with Crippen molar-refractivity contribution < 1.29 is 14.3 Å². The van der Waals surface area contributed by atoms with Crippen molar-refractivity contribution in [1.82, 2.24) is 10.9 Å². The second-order valence-corrected chi connectivity index (χ2v) is 7.13. The second-order valence-electron chi connectivity index (χ2n) is 7.13. The predicted octanol–water partition coefficient (Wildman–Crippen LogP) is 3.53. The van der Waals surface area contributed by atoms with Crippen LogP contribution in [0.5, 0.6) is 5.75 Å². The van der Waals surface area contributed by atoms with Gasteiger partial charge in [0.05, 0.1) is 0 Å². The van der Waals surface area contributed by atoms with Gasteiger partial charge in [0.15, 0.2) is 6.61 Å². The van der Waals surface area contributed by atoms with Crippen LogP contribution in [-0.2, 0) is 21.4 Å². The van der Waals surface area contributed by atoms with Crippen LogP contribution < -0.4 is 15.6 Å². The summed E-state index contributed by atoms with van der Waals surface area (Å²) in [5, 5.41) is 0. The molecule has 0 aromatic heterocycles. The van der Waals surface area contributed by atoms with Crippen LogP contribution in [0.25, 0.3) is 0 Å². The number of hydrazine groups is 1. The Morgan fingerprint density at radius 1 is 0.926 bits per heavy atom. The molecule has 0 fully saturated rings. The first-order valence-electron chi connectivity index (χ1n) is 9.25. The minimum atomic E-state index is -0.402. The number of amides is 2. The average Bonchev–Trinajstić information content (AvgIpc) is 2.70. The highest BCUT2D eigenvalue weighted by molar-refractivity contribution is 5.82. The second kappa shape index (κ2) is 9.76. The van der Waals surface area contributed by atoms with Gasteiger partial charge in [0.25, 0.3) is 5.91 Å². The first kappa shape index (κ1) is 20.5. The summed E-state index contributed by atoms with van der Waals surface area (Å²) in [6.45, 7) is 6.38. The molecule has 2 amide bonds. The Balaban J connectivity index is 1.69. The Morgan fingerprint density at radius 2 is 1.56 bits per heavy atom. The van der Waals surface area contributed by atoms with Gasteiger partial charge in [-0.2, -0.15) is 0 Å². The van der Waals surface area contributed by atoms with Crippen molar-refractivity contribution in [3.63, 3.8) is 0 Å². The lowest BCUT2D eigenvalue weighted by Crippen LogP contribution is -2.43. The minimum Gasteiger partial charge on any atom is -0.484 e. The molecule has 0 heterocycles. The highest BCUT2D eigenvalue weighted by atomic mass is 16.5. The molecule has 0 bridgehead atoms. The standard InChI is InChI=1S/C22H28N2O3/c1-4-22(2,3)18-11-13-19(14-12-18)27-16-21(26)24-23-20(25)15-10-17-8-6-5-7-9-17/h5-9,11-14H,4,10,15-16H2,1-3H3,(H,23,25)(H,24,26). The molecule has 2 aromatic carbocycles. The number of aryl methyl sites for hydroxylation is 1. The Hall–Kier alpha value is -2.82. The van der Waals surface area contributed by atoms with Gasteiger partial charge in [-0.05, 0) is 41.5 Å². The van der Waals surface area contributed by atoms with Gasteiger partial charge in [0.2, 0.25) is 5.91 Å². The molecule has 144 valence electrons. The van der Waals surface area contributed by atoms with Crippen LogP contribution in [-0.4, -0.2) is 18.4 Å². The maximum Gasteiger partial charge on any atom is 0.276 e. The van der Waals surface area contributed by atoms with Gasteiger partial charge in [-0.25, -0.2) is 0 Å². The van der Waals surface area contributed by atoms with Gasteiger partial charge < -0.3 is 4.74 Å². The van der Waals surface area contributed by atoms with Crippen LogP contribution in [0.3, 0.4) is 0 Å². The van der Waals surface area contributed by atoms with Crippen molar-refractivity contribution in [2.45, 2.75) is 45.4 Å². The van der Waals surface area contributed by atoms with Crippen molar-refractivity contribution in [2.24, 2.45) is 0 Å². The van der Waals surface area contributed by atoms with E-state index < -0.39 is 5.91 Å². The zero-order valence-corrected chi connectivity index (χ0v) is 16.2. The lowest BCUT2D eigenvalue weighted by Gasteiger charge is -2.23. The smallest absolute Gasteiger partial charge is 0.276 e. The van der Waals surface area contributed by atoms with Crippen LogP contribution in [0.2, 0.25) is 0 Å². The zero-order chi connectivity index (χ0) is 19.7. The fraction of sp³-hybridized carbons (Fsp3) is 0.364. The highest BCUT2D eigenvalue weighted by Crippen LogP contribution is 2.27. The zero-order valence-electron chi connectivity index (χ0n) is 16.2. The third-order valence-corrected chi connectivity index (χ3v) is 4.71. The number of ether oxygens (including phenoxy) is 1. The van der Waals surface area contributed by atoms with E-state index in [-0.39, 0.29) is 17.9 Å². The molecule has 5 nitrogen and oxygen atoms in total. The molecule has 0 aliphatic carbocycles. The highest BCUT2D eigenvalue weighted by Gasteiger charge is 2.17. The molecule has 0 aliphatic heterocycles. The maximum absolute atomic E-state index is 11.8. The van der Waals surface area contributed by atoms with E-state index in [9.17, 15) is 9.59 Å². The van der Waals surface area contributed by atoms with Gasteiger partial charge in [-0.15, -0.1) is 0 Å². The Kier molecular flexibility index (Phi) is 7.41. The predicted molar refractivity (Wildman–Crippen MR) is 106 cm³/mol. The van der Waals surface area contributed by atoms with E-state index in [1.54, 1.807) is 0 Å². The molecular formula is C22H28N2O3. The SMILES string of the molecule is CCC(C)(C)c1ccc(OCC(=O)NNC(=O)CCc2ccccc2)cc1. The summed E-state index contributed by atoms with van der Waals surface area (Å²) in [6, 6.07) is 17.5. The van der Waals surface area contributed by atoms with Crippen LogP contribution in [0.1, 0.15) is 44.7 Å². The summed E-state index contributed by atoms with van der Waals surface area (Å²) in [6.07, 6.45) is 1.97. The molecule has 0 radical (unpaired) electrons. The van der Waals surface area contributed by atoms with E-state index >= 15 is 0 Å². The lowest BCUT2D eigenvalue weighted by molar-refractivity contribution is -0.130. The number of hydrogen-bond acceptors (Lipinski definition) is 3. The van der Waals surface area contributed by atoms with Gasteiger partial charge in [0.1, 0.15) is 5.75 Å². The molecule has 0 saturated heterocycles. The molecular weight excluding hydrogens is 340 g/mol. The minimum absolute atomic E-state index is 0.111. The summed E-state index contributed by atoms with van der Waals surface area (Å²) >= 11 is 0. The van der Waals surface area contributed by atoms with Crippen molar-refractivity contribution >= 4 is 11.8 Å². The molecule has 2 aromatic rings. The normalized spacial score (nSPS) is 10.9. The van der Waals surface area contributed by atoms with E-state index in [2.05, 4.69) is 31.6 Å². The first-order valence-corrected chi connectivity index (χ1v) is 9.25. The monoisotopic (exact) mass is 368 g/mol. The number of carbonyl (C=O) groups excluding carboxylic acids is 2. The molecule has 5 heteroatoms. The quantitative estimate of drug-likeness (QED) is 0.701. The summed E-state index contributed by atoms with van der Waals surface area (Å²) in [7, 11) is 0. The maximum atomic E-state index is 11.8. The molecule has 0 saturated carbocycles. The largest absolute Gasteiger partial charge is 0.484 e. The fourth-order valence-corrected chi connectivity index (χ4v) is 2.50. The average molecular weight is 368 g/mol. The number of carbonyl (C=O) groups is 2. The van der Waals surface area contributed by atoms with Gasteiger partial charge in [-0.1, -0.05) is 63.2 Å². The fourth-order valence-electron chi connectivity index (χ4n) is 2.50. The topological polar surface area (TPSA) is 67.4 Å². The van der Waals surface area contributed by atoms with E-state index in [1.807, 2.05) is 54.6 Å². The van der Waals surface area contributed by atoms with E-state index in [4.69, 9.17) is 4.74 Å². The van der Waals surface area contributed by atoms with Crippen molar-refractivity contribution in [1.29, 1.82) is 0 Å². The summed E-state index contributed by atoms with van der Waals surface area (Å²) in [5.41, 5.74) is 7.20. The third kappa shape index (κ3) is 6.77. The molecule has 27 heavy (non-hydrogen) atoms. The number of benzene rings is 2. The molecule has 0 aliphatic rings.